The van der Waals surface area contributed by atoms with Crippen molar-refractivity contribution in [2.75, 3.05) is 40.4 Å². The van der Waals surface area contributed by atoms with Crippen molar-refractivity contribution in [1.29, 1.82) is 0 Å². The van der Waals surface area contributed by atoms with Crippen LogP contribution < -0.4 is 14.8 Å². The molecule has 0 amide bonds. The standard InChI is InChI=1S/C15H21F3N2O3.2ClH/c1-22-12-7-10(8-13(23-2)14(12)21)11(9-15(16,17)18)20-5-3-19-4-6-20;;/h7-8,11,19,21H,3-6,9H2,1-2H3;2*1H/t11-;;/m0../s1. The molecule has 0 spiro atoms. The summed E-state index contributed by atoms with van der Waals surface area (Å²) in [5.41, 5.74) is 0.413. The number of halogens is 5. The molecule has 1 heterocycles. The smallest absolute Gasteiger partial charge is 0.390 e. The summed E-state index contributed by atoms with van der Waals surface area (Å²) in [5, 5.41) is 13.1. The van der Waals surface area contributed by atoms with Gasteiger partial charge in [-0.3, -0.25) is 4.90 Å². The minimum absolute atomic E-state index is 0. The summed E-state index contributed by atoms with van der Waals surface area (Å²) in [6.07, 6.45) is -5.27. The quantitative estimate of drug-likeness (QED) is 0.786. The van der Waals surface area contributed by atoms with Crippen LogP contribution in [0.4, 0.5) is 13.2 Å². The molecule has 1 fully saturated rings. The second-order valence-electron chi connectivity index (χ2n) is 5.40. The van der Waals surface area contributed by atoms with Gasteiger partial charge in [0.05, 0.1) is 20.6 Å². The van der Waals surface area contributed by atoms with Gasteiger partial charge in [-0.2, -0.15) is 13.2 Å². The highest BCUT2D eigenvalue weighted by Crippen LogP contribution is 2.42. The third-order valence-electron chi connectivity index (χ3n) is 3.90. The predicted octanol–water partition coefficient (Wildman–Crippen LogP) is 3.15. The Morgan fingerprint density at radius 2 is 1.60 bits per heavy atom. The number of rotatable bonds is 5. The molecule has 1 saturated heterocycles. The Balaban J connectivity index is 0.00000288. The van der Waals surface area contributed by atoms with Crippen LogP contribution in [0, 0.1) is 0 Å². The molecular weight excluding hydrogens is 384 g/mol. The molecule has 0 bridgehead atoms. The molecule has 2 rings (SSSR count). The van der Waals surface area contributed by atoms with Crippen LogP contribution in [-0.2, 0) is 0 Å². The summed E-state index contributed by atoms with van der Waals surface area (Å²) in [6.45, 7) is 2.32. The van der Waals surface area contributed by atoms with Crippen molar-refractivity contribution in [3.63, 3.8) is 0 Å². The zero-order valence-corrected chi connectivity index (χ0v) is 15.6. The number of aromatic hydroxyl groups is 1. The minimum Gasteiger partial charge on any atom is -0.502 e. The normalized spacial score (nSPS) is 16.4. The van der Waals surface area contributed by atoms with Crippen LogP contribution in [0.15, 0.2) is 12.1 Å². The first kappa shape index (κ1) is 23.9. The summed E-state index contributed by atoms with van der Waals surface area (Å²) in [4.78, 5) is 1.79. The van der Waals surface area contributed by atoms with Gasteiger partial charge < -0.3 is 19.9 Å². The van der Waals surface area contributed by atoms with E-state index < -0.39 is 18.6 Å². The van der Waals surface area contributed by atoms with Gasteiger partial charge in [0.15, 0.2) is 11.5 Å². The largest absolute Gasteiger partial charge is 0.502 e. The number of nitrogens with zero attached hydrogens (tertiary/aromatic N) is 1. The van der Waals surface area contributed by atoms with Crippen molar-refractivity contribution in [2.45, 2.75) is 18.6 Å². The van der Waals surface area contributed by atoms with Gasteiger partial charge in [-0.15, -0.1) is 24.8 Å². The van der Waals surface area contributed by atoms with Crippen molar-refractivity contribution in [1.82, 2.24) is 10.2 Å². The van der Waals surface area contributed by atoms with Gasteiger partial charge in [0, 0.05) is 32.2 Å². The third-order valence-corrected chi connectivity index (χ3v) is 3.90. The van der Waals surface area contributed by atoms with E-state index in [2.05, 4.69) is 5.32 Å². The summed E-state index contributed by atoms with van der Waals surface area (Å²) < 4.78 is 49.2. The van der Waals surface area contributed by atoms with Gasteiger partial charge in [-0.05, 0) is 17.7 Å². The molecule has 0 saturated carbocycles. The second-order valence-corrected chi connectivity index (χ2v) is 5.40. The van der Waals surface area contributed by atoms with E-state index in [1.807, 2.05) is 0 Å². The number of methoxy groups -OCH3 is 2. The fourth-order valence-corrected chi connectivity index (χ4v) is 2.78. The van der Waals surface area contributed by atoms with Gasteiger partial charge in [0.25, 0.3) is 0 Å². The summed E-state index contributed by atoms with van der Waals surface area (Å²) >= 11 is 0. The molecule has 5 nitrogen and oxygen atoms in total. The van der Waals surface area contributed by atoms with Crippen LogP contribution in [0.2, 0.25) is 0 Å². The van der Waals surface area contributed by atoms with E-state index in [1.165, 1.54) is 26.4 Å². The van der Waals surface area contributed by atoms with Crippen molar-refractivity contribution < 1.29 is 27.8 Å². The number of piperazine rings is 1. The molecule has 0 unspecified atom stereocenters. The fraction of sp³-hybridized carbons (Fsp3) is 0.600. The van der Waals surface area contributed by atoms with Gasteiger partial charge in [-0.25, -0.2) is 0 Å². The lowest BCUT2D eigenvalue weighted by Crippen LogP contribution is -2.46. The molecule has 1 aromatic carbocycles. The maximum absolute atomic E-state index is 13.0. The number of hydrogen-bond donors (Lipinski definition) is 2. The van der Waals surface area contributed by atoms with Gasteiger partial charge in [0.1, 0.15) is 0 Å². The van der Waals surface area contributed by atoms with Crippen molar-refractivity contribution >= 4 is 24.8 Å². The maximum atomic E-state index is 13.0. The SMILES string of the molecule is COc1cc([C@H](CC(F)(F)F)N2CCNCC2)cc(OC)c1O.Cl.Cl. The Labute approximate surface area is 157 Å². The summed E-state index contributed by atoms with van der Waals surface area (Å²) in [7, 11) is 2.70. The number of phenols is 1. The number of nitrogens with one attached hydrogen (secondary N) is 1. The number of alkyl halides is 3. The zero-order chi connectivity index (χ0) is 17.0. The predicted molar refractivity (Wildman–Crippen MR) is 93.6 cm³/mol. The average Bonchev–Trinajstić information content (AvgIpc) is 2.53. The Kier molecular flexibility index (Phi) is 9.71. The average molecular weight is 407 g/mol. The highest BCUT2D eigenvalue weighted by atomic mass is 35.5. The van der Waals surface area contributed by atoms with E-state index in [-0.39, 0.29) is 42.1 Å². The highest BCUT2D eigenvalue weighted by molar-refractivity contribution is 5.85. The molecule has 25 heavy (non-hydrogen) atoms. The molecule has 0 aliphatic carbocycles. The van der Waals surface area contributed by atoms with Gasteiger partial charge >= 0.3 is 6.18 Å². The minimum atomic E-state index is -4.30. The monoisotopic (exact) mass is 406 g/mol. The van der Waals surface area contributed by atoms with Crippen LogP contribution in [0.1, 0.15) is 18.0 Å². The highest BCUT2D eigenvalue weighted by Gasteiger charge is 2.36. The lowest BCUT2D eigenvalue weighted by Gasteiger charge is -2.36. The third kappa shape index (κ3) is 6.29. The molecule has 0 aromatic heterocycles. The van der Waals surface area contributed by atoms with Crippen LogP contribution in [0.5, 0.6) is 17.2 Å². The van der Waals surface area contributed by atoms with E-state index in [1.54, 1.807) is 4.90 Å². The summed E-state index contributed by atoms with van der Waals surface area (Å²) in [5.74, 6) is -0.0202. The first-order chi connectivity index (χ1) is 10.9. The molecule has 1 aliphatic heterocycles. The van der Waals surface area contributed by atoms with E-state index in [9.17, 15) is 18.3 Å². The lowest BCUT2D eigenvalue weighted by atomic mass is 9.99. The zero-order valence-electron chi connectivity index (χ0n) is 13.9. The lowest BCUT2D eigenvalue weighted by molar-refractivity contribution is -0.148. The van der Waals surface area contributed by atoms with Gasteiger partial charge in [-0.1, -0.05) is 0 Å². The molecule has 1 atom stereocenters. The number of ether oxygens (including phenoxy) is 2. The Morgan fingerprint density at radius 1 is 1.12 bits per heavy atom. The maximum Gasteiger partial charge on any atom is 0.390 e. The van der Waals surface area contributed by atoms with E-state index in [4.69, 9.17) is 9.47 Å². The Hall–Kier alpha value is -1.09. The summed E-state index contributed by atoms with van der Waals surface area (Å²) in [6, 6.07) is 2.03. The van der Waals surface area contributed by atoms with Gasteiger partial charge in [0.2, 0.25) is 5.75 Å². The Bertz CT molecular complexity index is 516. The molecule has 10 heteroatoms. The molecule has 146 valence electrons. The van der Waals surface area contributed by atoms with E-state index >= 15 is 0 Å². The van der Waals surface area contributed by atoms with Crippen LogP contribution in [0.3, 0.4) is 0 Å². The van der Waals surface area contributed by atoms with Crippen LogP contribution in [0.25, 0.3) is 0 Å². The van der Waals surface area contributed by atoms with E-state index in [0.717, 1.165) is 0 Å². The second kappa shape index (κ2) is 10.2. The molecule has 2 N–H and O–H groups in total. The van der Waals surface area contributed by atoms with E-state index in [0.29, 0.717) is 31.7 Å². The first-order valence-electron chi connectivity index (χ1n) is 7.32. The Morgan fingerprint density at radius 3 is 2.00 bits per heavy atom. The molecule has 1 aliphatic rings. The molecule has 0 radical (unpaired) electrons. The van der Waals surface area contributed by atoms with Crippen molar-refractivity contribution in [3.05, 3.63) is 17.7 Å². The fourth-order valence-electron chi connectivity index (χ4n) is 2.78. The first-order valence-corrected chi connectivity index (χ1v) is 7.32. The van der Waals surface area contributed by atoms with Crippen LogP contribution in [-0.4, -0.2) is 56.6 Å². The number of benzene rings is 1. The van der Waals surface area contributed by atoms with Crippen molar-refractivity contribution in [3.8, 4) is 17.2 Å². The molecule has 1 aromatic rings. The topological polar surface area (TPSA) is 54.0 Å². The van der Waals surface area contributed by atoms with Crippen molar-refractivity contribution in [2.24, 2.45) is 0 Å². The number of phenolic OH excluding ortho intramolecular Hbond substituents is 1. The van der Waals surface area contributed by atoms with Crippen LogP contribution >= 0.6 is 24.8 Å². The molecular formula is C15H23Cl2F3N2O3. The number of hydrogen-bond acceptors (Lipinski definition) is 5.